The zero-order valence-electron chi connectivity index (χ0n) is 15.8. The lowest BCUT2D eigenvalue weighted by Gasteiger charge is -2.12. The number of carbonyl (C=O) groups excluding carboxylic acids is 3. The van der Waals surface area contributed by atoms with E-state index in [2.05, 4.69) is 5.32 Å². The fourth-order valence-electron chi connectivity index (χ4n) is 2.75. The summed E-state index contributed by atoms with van der Waals surface area (Å²) in [5.41, 5.74) is 1.28. The first-order chi connectivity index (χ1) is 14.0. The lowest BCUT2D eigenvalue weighted by molar-refractivity contribution is -0.123. The van der Waals surface area contributed by atoms with Gasteiger partial charge in [-0.3, -0.25) is 19.3 Å². The number of anilines is 1. The van der Waals surface area contributed by atoms with Crippen LogP contribution in [0.3, 0.4) is 0 Å². The zero-order valence-corrected chi connectivity index (χ0v) is 16.6. The highest BCUT2D eigenvalue weighted by atomic mass is 32.2. The summed E-state index contributed by atoms with van der Waals surface area (Å²) in [5, 5.41) is 11.7. The van der Waals surface area contributed by atoms with E-state index in [4.69, 9.17) is 4.74 Å². The molecule has 2 aromatic rings. The van der Waals surface area contributed by atoms with Crippen molar-refractivity contribution in [3.8, 4) is 11.5 Å². The lowest BCUT2D eigenvalue weighted by atomic mass is 10.2. The van der Waals surface area contributed by atoms with Gasteiger partial charge >= 0.3 is 0 Å². The van der Waals surface area contributed by atoms with Crippen molar-refractivity contribution in [2.75, 3.05) is 19.0 Å². The molecular weight excluding hydrogens is 392 g/mol. The largest absolute Gasteiger partial charge is 0.508 e. The number of methoxy groups -OCH3 is 1. The van der Waals surface area contributed by atoms with Gasteiger partial charge in [-0.2, -0.15) is 0 Å². The normalized spacial score (nSPS) is 15.1. The first-order valence-corrected chi connectivity index (χ1v) is 9.76. The molecule has 0 atom stereocenters. The summed E-state index contributed by atoms with van der Waals surface area (Å²) < 4.78 is 5.10. The van der Waals surface area contributed by atoms with Crippen molar-refractivity contribution in [1.82, 2.24) is 4.90 Å². The molecule has 7 nitrogen and oxygen atoms in total. The Hall–Kier alpha value is -3.26. The van der Waals surface area contributed by atoms with E-state index in [1.54, 1.807) is 49.6 Å². The molecule has 0 spiro atoms. The van der Waals surface area contributed by atoms with Gasteiger partial charge in [-0.1, -0.05) is 18.2 Å². The molecule has 0 bridgehead atoms. The van der Waals surface area contributed by atoms with Gasteiger partial charge in [0, 0.05) is 24.7 Å². The van der Waals surface area contributed by atoms with E-state index >= 15 is 0 Å². The third-order valence-corrected chi connectivity index (χ3v) is 5.11. The smallest absolute Gasteiger partial charge is 0.293 e. The van der Waals surface area contributed by atoms with Gasteiger partial charge in [-0.15, -0.1) is 0 Å². The Morgan fingerprint density at radius 1 is 1.21 bits per heavy atom. The molecule has 3 rings (SSSR count). The molecular formula is C21H20N2O5S. The van der Waals surface area contributed by atoms with Crippen LogP contribution in [0.25, 0.3) is 6.08 Å². The van der Waals surface area contributed by atoms with Crippen molar-refractivity contribution in [2.45, 2.75) is 12.8 Å². The third kappa shape index (κ3) is 5.39. The Morgan fingerprint density at radius 3 is 2.66 bits per heavy atom. The van der Waals surface area contributed by atoms with E-state index in [1.807, 2.05) is 0 Å². The number of aromatic hydroxyl groups is 1. The SMILES string of the molecule is COc1ccc(/C=C2\SC(=O)N(CCCC(=O)Nc3cccc(O)c3)C2=O)cc1. The number of phenolic OH excluding ortho intramolecular Hbond substituents is 1. The van der Waals surface area contributed by atoms with Gasteiger partial charge in [-0.25, -0.2) is 0 Å². The van der Waals surface area contributed by atoms with Crippen LogP contribution in [0.1, 0.15) is 18.4 Å². The summed E-state index contributed by atoms with van der Waals surface area (Å²) in [4.78, 5) is 38.2. The van der Waals surface area contributed by atoms with E-state index in [-0.39, 0.29) is 35.8 Å². The number of amides is 3. The van der Waals surface area contributed by atoms with E-state index in [1.165, 1.54) is 12.1 Å². The molecule has 3 amide bonds. The molecule has 0 aromatic heterocycles. The van der Waals surface area contributed by atoms with Crippen LogP contribution in [0.15, 0.2) is 53.4 Å². The second-order valence-electron chi connectivity index (χ2n) is 6.31. The van der Waals surface area contributed by atoms with Gasteiger partial charge in [0.1, 0.15) is 11.5 Å². The number of thioether (sulfide) groups is 1. The van der Waals surface area contributed by atoms with E-state index in [0.717, 1.165) is 22.2 Å². The second-order valence-corrected chi connectivity index (χ2v) is 7.30. The first kappa shape index (κ1) is 20.5. The molecule has 1 aliphatic heterocycles. The van der Waals surface area contributed by atoms with Crippen LogP contribution >= 0.6 is 11.8 Å². The maximum Gasteiger partial charge on any atom is 0.293 e. The fourth-order valence-corrected chi connectivity index (χ4v) is 3.61. The van der Waals surface area contributed by atoms with Gasteiger partial charge in [0.2, 0.25) is 5.91 Å². The molecule has 0 radical (unpaired) electrons. The van der Waals surface area contributed by atoms with Crippen molar-refractivity contribution < 1.29 is 24.2 Å². The maximum atomic E-state index is 12.5. The number of hydrogen-bond donors (Lipinski definition) is 2. The molecule has 29 heavy (non-hydrogen) atoms. The van der Waals surface area contributed by atoms with Crippen LogP contribution in [-0.4, -0.2) is 40.7 Å². The van der Waals surface area contributed by atoms with Gasteiger partial charge < -0.3 is 15.2 Å². The number of rotatable bonds is 7. The Balaban J connectivity index is 1.53. The summed E-state index contributed by atoms with van der Waals surface area (Å²) in [5.74, 6) is 0.157. The van der Waals surface area contributed by atoms with E-state index in [9.17, 15) is 19.5 Å². The molecule has 1 fully saturated rings. The Morgan fingerprint density at radius 2 is 1.97 bits per heavy atom. The minimum absolute atomic E-state index is 0.0595. The Labute approximate surface area is 172 Å². The van der Waals surface area contributed by atoms with E-state index < -0.39 is 0 Å². The Bertz CT molecular complexity index is 956. The number of benzene rings is 2. The second kappa shape index (κ2) is 9.29. The lowest BCUT2D eigenvalue weighted by Crippen LogP contribution is -2.29. The minimum Gasteiger partial charge on any atom is -0.508 e. The number of nitrogens with one attached hydrogen (secondary N) is 1. The number of carbonyl (C=O) groups is 3. The third-order valence-electron chi connectivity index (χ3n) is 4.20. The molecule has 8 heteroatoms. The highest BCUT2D eigenvalue weighted by Gasteiger charge is 2.34. The zero-order chi connectivity index (χ0) is 20.8. The molecule has 1 saturated heterocycles. The molecule has 0 saturated carbocycles. The van der Waals surface area contributed by atoms with Crippen LogP contribution in [-0.2, 0) is 9.59 Å². The highest BCUT2D eigenvalue weighted by Crippen LogP contribution is 2.32. The van der Waals surface area contributed by atoms with Crippen molar-refractivity contribution in [3.05, 3.63) is 59.0 Å². The monoisotopic (exact) mass is 412 g/mol. The van der Waals surface area contributed by atoms with Crippen LogP contribution in [0.2, 0.25) is 0 Å². The van der Waals surface area contributed by atoms with Crippen LogP contribution < -0.4 is 10.1 Å². The average molecular weight is 412 g/mol. The maximum absolute atomic E-state index is 12.5. The van der Waals surface area contributed by atoms with Gasteiger partial charge in [-0.05, 0) is 54.1 Å². The summed E-state index contributed by atoms with van der Waals surface area (Å²) in [6.07, 6.45) is 2.16. The topological polar surface area (TPSA) is 95.9 Å². The number of phenols is 1. The van der Waals surface area contributed by atoms with Crippen LogP contribution in [0, 0.1) is 0 Å². The van der Waals surface area contributed by atoms with Gasteiger partial charge in [0.05, 0.1) is 12.0 Å². The minimum atomic E-state index is -0.357. The quantitative estimate of drug-likeness (QED) is 0.671. The molecule has 1 aliphatic rings. The number of ether oxygens (including phenoxy) is 1. The Kier molecular flexibility index (Phi) is 6.56. The highest BCUT2D eigenvalue weighted by molar-refractivity contribution is 8.18. The standard InChI is InChI=1S/C21H20N2O5S/c1-28-17-9-7-14(8-10-17)12-18-20(26)23(21(27)29-18)11-3-6-19(25)22-15-4-2-5-16(24)13-15/h2,4-5,7-10,12-13,24H,3,6,11H2,1H3,(H,22,25)/b18-12-. The van der Waals surface area contributed by atoms with Crippen molar-refractivity contribution in [3.63, 3.8) is 0 Å². The predicted octanol–water partition coefficient (Wildman–Crippen LogP) is 3.86. The molecule has 1 heterocycles. The van der Waals surface area contributed by atoms with Crippen LogP contribution in [0.5, 0.6) is 11.5 Å². The first-order valence-electron chi connectivity index (χ1n) is 8.94. The van der Waals surface area contributed by atoms with Gasteiger partial charge in [0.25, 0.3) is 11.1 Å². The van der Waals surface area contributed by atoms with Gasteiger partial charge in [0.15, 0.2) is 0 Å². The molecule has 2 aromatic carbocycles. The summed E-state index contributed by atoms with van der Waals surface area (Å²) in [6, 6.07) is 13.4. The average Bonchev–Trinajstić information content (AvgIpc) is 2.96. The molecule has 150 valence electrons. The molecule has 0 aliphatic carbocycles. The number of imide groups is 1. The van der Waals surface area contributed by atoms with Crippen LogP contribution in [0.4, 0.5) is 10.5 Å². The van der Waals surface area contributed by atoms with Crippen molar-refractivity contribution in [2.24, 2.45) is 0 Å². The molecule has 0 unspecified atom stereocenters. The summed E-state index contributed by atoms with van der Waals surface area (Å²) >= 11 is 0.889. The van der Waals surface area contributed by atoms with Crippen molar-refractivity contribution in [1.29, 1.82) is 0 Å². The van der Waals surface area contributed by atoms with Crippen molar-refractivity contribution >= 4 is 40.6 Å². The summed E-state index contributed by atoms with van der Waals surface area (Å²) in [6.45, 7) is 0.165. The summed E-state index contributed by atoms with van der Waals surface area (Å²) in [7, 11) is 1.57. The number of nitrogens with zero attached hydrogens (tertiary/aromatic N) is 1. The van der Waals surface area contributed by atoms with E-state index in [0.29, 0.717) is 22.8 Å². The predicted molar refractivity (Wildman–Crippen MR) is 112 cm³/mol. The molecule has 2 N–H and O–H groups in total. The fraction of sp³-hybridized carbons (Fsp3) is 0.190. The number of hydrogen-bond acceptors (Lipinski definition) is 6.